The summed E-state index contributed by atoms with van der Waals surface area (Å²) in [6.45, 7) is 4.56. The Morgan fingerprint density at radius 2 is 1.75 bits per heavy atom. The Balaban J connectivity index is 1.83. The van der Waals surface area contributed by atoms with Gasteiger partial charge in [-0.1, -0.05) is 12.8 Å². The maximum atomic E-state index is 12.4. The van der Waals surface area contributed by atoms with Crippen LogP contribution in [-0.2, 0) is 14.3 Å². The molecular formula is C15H26N2O3. The monoisotopic (exact) mass is 282 g/mol. The molecule has 1 saturated heterocycles. The molecular weight excluding hydrogens is 256 g/mol. The van der Waals surface area contributed by atoms with Crippen LogP contribution in [0.4, 0.5) is 0 Å². The van der Waals surface area contributed by atoms with E-state index in [4.69, 9.17) is 4.74 Å². The average molecular weight is 282 g/mol. The smallest absolute Gasteiger partial charge is 0.320 e. The van der Waals surface area contributed by atoms with Crippen LogP contribution in [0.25, 0.3) is 0 Å². The molecule has 20 heavy (non-hydrogen) atoms. The summed E-state index contributed by atoms with van der Waals surface area (Å²) in [6, 6.07) is 0.398. The van der Waals surface area contributed by atoms with Gasteiger partial charge in [0.1, 0.15) is 0 Å². The van der Waals surface area contributed by atoms with Gasteiger partial charge in [-0.15, -0.1) is 0 Å². The molecule has 1 aliphatic heterocycles. The summed E-state index contributed by atoms with van der Waals surface area (Å²) in [6.07, 6.45) is 6.83. The third kappa shape index (κ3) is 4.78. The molecule has 0 unspecified atom stereocenters. The van der Waals surface area contributed by atoms with E-state index < -0.39 is 0 Å². The van der Waals surface area contributed by atoms with E-state index in [1.54, 1.807) is 0 Å². The summed E-state index contributed by atoms with van der Waals surface area (Å²) >= 11 is 0. The summed E-state index contributed by atoms with van der Waals surface area (Å²) in [7, 11) is 0. The van der Waals surface area contributed by atoms with Gasteiger partial charge in [0, 0.05) is 19.1 Å². The van der Waals surface area contributed by atoms with Crippen molar-refractivity contribution in [3.63, 3.8) is 0 Å². The molecule has 2 rings (SSSR count). The van der Waals surface area contributed by atoms with E-state index in [0.29, 0.717) is 19.2 Å². The molecule has 1 aliphatic carbocycles. The summed E-state index contributed by atoms with van der Waals surface area (Å²) < 4.78 is 4.99. The Morgan fingerprint density at radius 3 is 2.30 bits per heavy atom. The third-order valence-corrected chi connectivity index (χ3v) is 4.00. The van der Waals surface area contributed by atoms with E-state index >= 15 is 0 Å². The zero-order valence-electron chi connectivity index (χ0n) is 12.5. The van der Waals surface area contributed by atoms with Gasteiger partial charge >= 0.3 is 5.97 Å². The highest BCUT2D eigenvalue weighted by Gasteiger charge is 2.33. The SMILES string of the molecule is CCOC(=O)CN(CC(=O)N1CCCCCC1)C1CC1. The van der Waals surface area contributed by atoms with Crippen LogP contribution < -0.4 is 0 Å². The summed E-state index contributed by atoms with van der Waals surface area (Å²) in [5.74, 6) is -0.0498. The first-order valence-electron chi connectivity index (χ1n) is 7.88. The van der Waals surface area contributed by atoms with Gasteiger partial charge < -0.3 is 9.64 Å². The fourth-order valence-electron chi connectivity index (χ4n) is 2.72. The molecule has 0 spiro atoms. The second-order valence-corrected chi connectivity index (χ2v) is 5.74. The molecule has 114 valence electrons. The van der Waals surface area contributed by atoms with E-state index in [-0.39, 0.29) is 18.4 Å². The molecule has 0 atom stereocenters. The highest BCUT2D eigenvalue weighted by molar-refractivity contribution is 5.79. The molecule has 0 N–H and O–H groups in total. The number of carbonyl (C=O) groups is 2. The van der Waals surface area contributed by atoms with Crippen LogP contribution in [0, 0.1) is 0 Å². The molecule has 0 radical (unpaired) electrons. The Labute approximate surface area is 121 Å². The van der Waals surface area contributed by atoms with Gasteiger partial charge in [0.25, 0.3) is 0 Å². The van der Waals surface area contributed by atoms with Crippen molar-refractivity contribution in [1.82, 2.24) is 9.80 Å². The van der Waals surface area contributed by atoms with E-state index in [1.807, 2.05) is 16.7 Å². The molecule has 5 nitrogen and oxygen atoms in total. The Bertz CT molecular complexity index is 334. The number of likely N-dealkylation sites (tertiary alicyclic amines) is 1. The lowest BCUT2D eigenvalue weighted by Crippen LogP contribution is -2.43. The van der Waals surface area contributed by atoms with Crippen LogP contribution in [-0.4, -0.2) is 60.5 Å². The van der Waals surface area contributed by atoms with Gasteiger partial charge in [-0.3, -0.25) is 14.5 Å². The van der Waals surface area contributed by atoms with Crippen molar-refractivity contribution in [2.45, 2.75) is 51.5 Å². The molecule has 1 amide bonds. The minimum atomic E-state index is -0.219. The lowest BCUT2D eigenvalue weighted by molar-refractivity contribution is -0.145. The Hall–Kier alpha value is -1.10. The van der Waals surface area contributed by atoms with Crippen molar-refractivity contribution < 1.29 is 14.3 Å². The quantitative estimate of drug-likeness (QED) is 0.691. The number of hydrogen-bond acceptors (Lipinski definition) is 4. The van der Waals surface area contributed by atoms with Gasteiger partial charge in [0.15, 0.2) is 0 Å². The number of carbonyl (C=O) groups excluding carboxylic acids is 2. The maximum Gasteiger partial charge on any atom is 0.320 e. The third-order valence-electron chi connectivity index (χ3n) is 4.00. The molecule has 2 aliphatic rings. The standard InChI is InChI=1S/C15H26N2O3/c1-2-20-15(19)12-17(13-7-8-13)11-14(18)16-9-5-3-4-6-10-16/h13H,2-12H2,1H3. The first-order chi connectivity index (χ1) is 9.70. The van der Waals surface area contributed by atoms with Gasteiger partial charge in [-0.05, 0) is 32.6 Å². The van der Waals surface area contributed by atoms with E-state index in [0.717, 1.165) is 38.8 Å². The van der Waals surface area contributed by atoms with Crippen molar-refractivity contribution in [3.8, 4) is 0 Å². The molecule has 1 saturated carbocycles. The fourth-order valence-corrected chi connectivity index (χ4v) is 2.72. The zero-order valence-corrected chi connectivity index (χ0v) is 12.5. The molecule has 0 aromatic carbocycles. The summed E-state index contributed by atoms with van der Waals surface area (Å²) in [4.78, 5) is 27.9. The highest BCUT2D eigenvalue weighted by atomic mass is 16.5. The largest absolute Gasteiger partial charge is 0.465 e. The minimum Gasteiger partial charge on any atom is -0.465 e. The molecule has 2 fully saturated rings. The van der Waals surface area contributed by atoms with Gasteiger partial charge in [-0.25, -0.2) is 0 Å². The van der Waals surface area contributed by atoms with Gasteiger partial charge in [0.05, 0.1) is 19.7 Å². The maximum absolute atomic E-state index is 12.4. The predicted molar refractivity (Wildman–Crippen MR) is 76.3 cm³/mol. The normalized spacial score (nSPS) is 19.8. The molecule has 0 bridgehead atoms. The number of amides is 1. The molecule has 5 heteroatoms. The van der Waals surface area contributed by atoms with Crippen LogP contribution in [0.3, 0.4) is 0 Å². The zero-order chi connectivity index (χ0) is 14.4. The fraction of sp³-hybridized carbons (Fsp3) is 0.867. The van der Waals surface area contributed by atoms with Crippen LogP contribution in [0.2, 0.25) is 0 Å². The minimum absolute atomic E-state index is 0.170. The van der Waals surface area contributed by atoms with Crippen LogP contribution in [0.1, 0.15) is 45.4 Å². The van der Waals surface area contributed by atoms with Crippen LogP contribution in [0.15, 0.2) is 0 Å². The van der Waals surface area contributed by atoms with Crippen LogP contribution in [0.5, 0.6) is 0 Å². The topological polar surface area (TPSA) is 49.9 Å². The van der Waals surface area contributed by atoms with Crippen molar-refractivity contribution in [2.75, 3.05) is 32.8 Å². The van der Waals surface area contributed by atoms with Gasteiger partial charge in [0.2, 0.25) is 5.91 Å². The lowest BCUT2D eigenvalue weighted by Gasteiger charge is -2.26. The van der Waals surface area contributed by atoms with Crippen molar-refractivity contribution in [2.24, 2.45) is 0 Å². The number of ether oxygens (including phenoxy) is 1. The van der Waals surface area contributed by atoms with E-state index in [2.05, 4.69) is 0 Å². The average Bonchev–Trinajstić information content (AvgIpc) is 3.25. The summed E-state index contributed by atoms with van der Waals surface area (Å²) in [5.41, 5.74) is 0. The molecule has 1 heterocycles. The highest BCUT2D eigenvalue weighted by Crippen LogP contribution is 2.26. The Kier molecular flexibility index (Phi) is 5.83. The van der Waals surface area contributed by atoms with Gasteiger partial charge in [-0.2, -0.15) is 0 Å². The molecule has 0 aromatic heterocycles. The number of esters is 1. The first-order valence-corrected chi connectivity index (χ1v) is 7.88. The van der Waals surface area contributed by atoms with Crippen molar-refractivity contribution in [1.29, 1.82) is 0 Å². The summed E-state index contributed by atoms with van der Waals surface area (Å²) in [5, 5.41) is 0. The lowest BCUT2D eigenvalue weighted by atomic mass is 10.2. The van der Waals surface area contributed by atoms with E-state index in [9.17, 15) is 9.59 Å². The first kappa shape index (κ1) is 15.3. The predicted octanol–water partition coefficient (Wildman–Crippen LogP) is 1.42. The van der Waals surface area contributed by atoms with E-state index in [1.165, 1.54) is 12.8 Å². The van der Waals surface area contributed by atoms with Crippen LogP contribution >= 0.6 is 0 Å². The second kappa shape index (κ2) is 7.62. The van der Waals surface area contributed by atoms with Crippen molar-refractivity contribution >= 4 is 11.9 Å². The number of nitrogens with zero attached hydrogens (tertiary/aromatic N) is 2. The number of rotatable bonds is 6. The Morgan fingerprint density at radius 1 is 1.10 bits per heavy atom. The second-order valence-electron chi connectivity index (χ2n) is 5.74. The number of hydrogen-bond donors (Lipinski definition) is 0. The van der Waals surface area contributed by atoms with Crippen molar-refractivity contribution in [3.05, 3.63) is 0 Å². The molecule has 0 aromatic rings.